The molecule has 0 bridgehead atoms. The molecule has 0 aromatic carbocycles. The summed E-state index contributed by atoms with van der Waals surface area (Å²) in [7, 11) is -3.48. The Bertz CT molecular complexity index is 481. The molecule has 0 radical (unpaired) electrons. The Morgan fingerprint density at radius 2 is 2.44 bits per heavy atom. The van der Waals surface area contributed by atoms with E-state index in [0.29, 0.717) is 13.2 Å². The molecule has 0 aliphatic carbocycles. The monoisotopic (exact) mass is 276 g/mol. The normalized spacial score (nSPS) is 19.9. The second-order valence-corrected chi connectivity index (χ2v) is 5.69. The van der Waals surface area contributed by atoms with Crippen molar-refractivity contribution in [2.24, 2.45) is 0 Å². The number of sulfonamides is 1. The Hall–Kier alpha value is -1.35. The first-order chi connectivity index (χ1) is 8.59. The van der Waals surface area contributed by atoms with E-state index in [0.717, 1.165) is 12.8 Å². The van der Waals surface area contributed by atoms with E-state index in [4.69, 9.17) is 9.47 Å². The van der Waals surface area contributed by atoms with Gasteiger partial charge >= 0.3 is 6.01 Å². The summed E-state index contributed by atoms with van der Waals surface area (Å²) in [5.74, 6) is -0.0195. The van der Waals surface area contributed by atoms with Crippen LogP contribution >= 0.6 is 0 Å². The standard InChI is InChI=1S/C9H16N4O4S/c1-2-16-9-10-8(11-12-9)13-18(14,15)6-7-4-3-5-17-7/h7H,2-6H2,1H3,(H2,10,11,12,13). The summed E-state index contributed by atoms with van der Waals surface area (Å²) < 4.78 is 36.2. The third-order valence-corrected chi connectivity index (χ3v) is 3.73. The Kier molecular flexibility index (Phi) is 4.02. The fourth-order valence-electron chi connectivity index (χ4n) is 1.70. The highest BCUT2D eigenvalue weighted by Gasteiger charge is 2.24. The molecule has 1 atom stereocenters. The zero-order valence-corrected chi connectivity index (χ0v) is 10.9. The summed E-state index contributed by atoms with van der Waals surface area (Å²) in [5, 5.41) is 6.16. The molecule has 1 unspecified atom stereocenters. The second kappa shape index (κ2) is 5.53. The molecule has 102 valence electrons. The first kappa shape index (κ1) is 13.1. The van der Waals surface area contributed by atoms with Gasteiger partial charge in [-0.3, -0.25) is 4.72 Å². The lowest BCUT2D eigenvalue weighted by Gasteiger charge is -2.09. The van der Waals surface area contributed by atoms with Crippen molar-refractivity contribution < 1.29 is 17.9 Å². The molecule has 2 rings (SSSR count). The molecule has 0 saturated carbocycles. The molecule has 0 amide bonds. The highest BCUT2D eigenvalue weighted by Crippen LogP contribution is 2.15. The molecule has 8 nitrogen and oxygen atoms in total. The number of hydrogen-bond donors (Lipinski definition) is 2. The number of hydrogen-bond acceptors (Lipinski definition) is 6. The molecule has 1 fully saturated rings. The van der Waals surface area contributed by atoms with Gasteiger partial charge in [-0.25, -0.2) is 13.5 Å². The van der Waals surface area contributed by atoms with Crippen molar-refractivity contribution in [3.63, 3.8) is 0 Å². The molecule has 0 spiro atoms. The zero-order valence-electron chi connectivity index (χ0n) is 10.0. The topological polar surface area (TPSA) is 106 Å². The van der Waals surface area contributed by atoms with Crippen LogP contribution in [0.25, 0.3) is 0 Å². The number of nitrogens with one attached hydrogen (secondary N) is 2. The minimum absolute atomic E-state index is 0.0523. The average molecular weight is 276 g/mol. The van der Waals surface area contributed by atoms with Crippen LogP contribution in [0.1, 0.15) is 19.8 Å². The van der Waals surface area contributed by atoms with Crippen LogP contribution in [0.2, 0.25) is 0 Å². The maximum Gasteiger partial charge on any atom is 0.337 e. The minimum atomic E-state index is -3.48. The van der Waals surface area contributed by atoms with Crippen molar-refractivity contribution in [3.8, 4) is 6.01 Å². The quantitative estimate of drug-likeness (QED) is 0.764. The maximum absolute atomic E-state index is 11.8. The molecule has 1 aliphatic rings. The third kappa shape index (κ3) is 3.57. The summed E-state index contributed by atoms with van der Waals surface area (Å²) in [6.45, 7) is 2.83. The van der Waals surface area contributed by atoms with Crippen molar-refractivity contribution in [1.29, 1.82) is 0 Å². The SMILES string of the molecule is CCOc1n[nH]c(NS(=O)(=O)CC2CCCO2)n1. The second-order valence-electron chi connectivity index (χ2n) is 3.92. The van der Waals surface area contributed by atoms with Gasteiger partial charge in [-0.05, 0) is 19.8 Å². The fourth-order valence-corrected chi connectivity index (χ4v) is 2.92. The van der Waals surface area contributed by atoms with Gasteiger partial charge in [0.25, 0.3) is 0 Å². The van der Waals surface area contributed by atoms with Gasteiger partial charge in [-0.2, -0.15) is 4.98 Å². The number of anilines is 1. The number of nitrogens with zero attached hydrogens (tertiary/aromatic N) is 2. The summed E-state index contributed by atoms with van der Waals surface area (Å²) >= 11 is 0. The highest BCUT2D eigenvalue weighted by atomic mass is 32.2. The third-order valence-electron chi connectivity index (χ3n) is 2.42. The van der Waals surface area contributed by atoms with E-state index in [2.05, 4.69) is 19.9 Å². The predicted molar refractivity (Wildman–Crippen MR) is 63.9 cm³/mol. The molecule has 9 heteroatoms. The van der Waals surface area contributed by atoms with Crippen molar-refractivity contribution in [2.75, 3.05) is 23.7 Å². The number of ether oxygens (including phenoxy) is 2. The number of H-pyrrole nitrogens is 1. The van der Waals surface area contributed by atoms with Gasteiger partial charge in [-0.15, -0.1) is 5.10 Å². The van der Waals surface area contributed by atoms with E-state index in [1.165, 1.54) is 0 Å². The largest absolute Gasteiger partial charge is 0.463 e. The maximum atomic E-state index is 11.8. The van der Waals surface area contributed by atoms with Gasteiger partial charge in [0.2, 0.25) is 16.0 Å². The van der Waals surface area contributed by atoms with E-state index in [1.807, 2.05) is 0 Å². The lowest BCUT2D eigenvalue weighted by Crippen LogP contribution is -2.26. The lowest BCUT2D eigenvalue weighted by molar-refractivity contribution is 0.127. The van der Waals surface area contributed by atoms with Crippen LogP contribution in [0.15, 0.2) is 0 Å². The highest BCUT2D eigenvalue weighted by molar-refractivity contribution is 7.92. The molecular weight excluding hydrogens is 260 g/mol. The van der Waals surface area contributed by atoms with Crippen molar-refractivity contribution >= 4 is 16.0 Å². The van der Waals surface area contributed by atoms with Crippen LogP contribution in [0.5, 0.6) is 6.01 Å². The number of rotatable bonds is 6. The molecule has 1 aromatic heterocycles. The Morgan fingerprint density at radius 1 is 1.61 bits per heavy atom. The van der Waals surface area contributed by atoms with Gasteiger partial charge in [-0.1, -0.05) is 0 Å². The molecule has 1 aliphatic heterocycles. The van der Waals surface area contributed by atoms with Crippen LogP contribution in [-0.4, -0.2) is 48.7 Å². The van der Waals surface area contributed by atoms with Crippen molar-refractivity contribution in [1.82, 2.24) is 15.2 Å². The minimum Gasteiger partial charge on any atom is -0.463 e. The fraction of sp³-hybridized carbons (Fsp3) is 0.778. The molecule has 1 aromatic rings. The molecule has 1 saturated heterocycles. The first-order valence-electron chi connectivity index (χ1n) is 5.76. The summed E-state index contributed by atoms with van der Waals surface area (Å²) in [4.78, 5) is 3.84. The van der Waals surface area contributed by atoms with Crippen LogP contribution in [0, 0.1) is 0 Å². The van der Waals surface area contributed by atoms with Gasteiger partial charge in [0.15, 0.2) is 0 Å². The Balaban J connectivity index is 1.93. The van der Waals surface area contributed by atoms with E-state index in [1.54, 1.807) is 6.92 Å². The smallest absolute Gasteiger partial charge is 0.337 e. The summed E-state index contributed by atoms with van der Waals surface area (Å²) in [6.07, 6.45) is 1.43. The summed E-state index contributed by atoms with van der Waals surface area (Å²) in [6, 6.07) is 0.118. The zero-order chi connectivity index (χ0) is 13.0. The Morgan fingerprint density at radius 3 is 3.11 bits per heavy atom. The van der Waals surface area contributed by atoms with E-state index in [9.17, 15) is 8.42 Å². The van der Waals surface area contributed by atoms with E-state index < -0.39 is 10.0 Å². The van der Waals surface area contributed by atoms with Crippen LogP contribution < -0.4 is 9.46 Å². The van der Waals surface area contributed by atoms with Gasteiger partial charge < -0.3 is 9.47 Å². The van der Waals surface area contributed by atoms with E-state index >= 15 is 0 Å². The van der Waals surface area contributed by atoms with E-state index in [-0.39, 0.29) is 23.8 Å². The average Bonchev–Trinajstić information content (AvgIpc) is 2.90. The van der Waals surface area contributed by atoms with Crippen molar-refractivity contribution in [3.05, 3.63) is 0 Å². The van der Waals surface area contributed by atoms with Crippen molar-refractivity contribution in [2.45, 2.75) is 25.9 Å². The van der Waals surface area contributed by atoms with Gasteiger partial charge in [0.1, 0.15) is 0 Å². The Labute approximate surface area is 105 Å². The molecule has 18 heavy (non-hydrogen) atoms. The first-order valence-corrected chi connectivity index (χ1v) is 7.41. The number of aromatic nitrogens is 3. The van der Waals surface area contributed by atoms with Crippen LogP contribution in [0.4, 0.5) is 5.95 Å². The van der Waals surface area contributed by atoms with Gasteiger partial charge in [0.05, 0.1) is 18.5 Å². The predicted octanol–water partition coefficient (Wildman–Crippen LogP) is 0.124. The van der Waals surface area contributed by atoms with Crippen LogP contribution in [-0.2, 0) is 14.8 Å². The number of aromatic amines is 1. The molecule has 2 N–H and O–H groups in total. The molecular formula is C9H16N4O4S. The summed E-state index contributed by atoms with van der Waals surface area (Å²) in [5.41, 5.74) is 0. The lowest BCUT2D eigenvalue weighted by atomic mass is 10.3. The van der Waals surface area contributed by atoms with Gasteiger partial charge in [0, 0.05) is 6.61 Å². The van der Waals surface area contributed by atoms with Crippen LogP contribution in [0.3, 0.4) is 0 Å². The molecule has 2 heterocycles.